The molecular formula is C22H27NO5. The normalized spacial score (nSPS) is 52.8. The van der Waals surface area contributed by atoms with E-state index in [0.717, 1.165) is 31.6 Å². The average Bonchev–Trinajstić information content (AvgIpc) is 3.38. The second-order valence-electron chi connectivity index (χ2n) is 9.02. The molecule has 28 heavy (non-hydrogen) atoms. The highest BCUT2D eigenvalue weighted by Gasteiger charge is 2.83. The predicted molar refractivity (Wildman–Crippen MR) is 99.6 cm³/mol. The largest absolute Gasteiger partial charge is 0.492 e. The lowest BCUT2D eigenvalue weighted by Crippen LogP contribution is -2.60. The number of allylic oxidation sites excluding steroid dienone is 2. The SMILES string of the molecule is CC/C=C/[C@]12C3C[C@@H]4[C@@H]5[C@@H](C)/C(=C6/OC(=O)C(C)=C6OC)O[C@@]5(O3)[C@H]1CCN42. The monoisotopic (exact) mass is 385 g/mol. The molecule has 8 atom stereocenters. The van der Waals surface area contributed by atoms with Gasteiger partial charge in [0.05, 0.1) is 36.2 Å². The van der Waals surface area contributed by atoms with E-state index >= 15 is 0 Å². The van der Waals surface area contributed by atoms with E-state index in [0.29, 0.717) is 29.1 Å². The van der Waals surface area contributed by atoms with Gasteiger partial charge in [0.2, 0.25) is 11.5 Å². The fourth-order valence-corrected chi connectivity index (χ4v) is 7.22. The Morgan fingerprint density at radius 3 is 2.96 bits per heavy atom. The summed E-state index contributed by atoms with van der Waals surface area (Å²) in [4.78, 5) is 14.9. The fourth-order valence-electron chi connectivity index (χ4n) is 7.22. The molecule has 0 amide bonds. The predicted octanol–water partition coefficient (Wildman–Crippen LogP) is 2.87. The summed E-state index contributed by atoms with van der Waals surface area (Å²) < 4.78 is 24.5. The van der Waals surface area contributed by atoms with Gasteiger partial charge in [-0.2, -0.15) is 0 Å². The van der Waals surface area contributed by atoms with E-state index in [1.165, 1.54) is 0 Å². The number of esters is 1. The van der Waals surface area contributed by atoms with E-state index in [1.807, 2.05) is 0 Å². The third-order valence-corrected chi connectivity index (χ3v) is 8.10. The van der Waals surface area contributed by atoms with E-state index in [1.54, 1.807) is 14.0 Å². The molecule has 0 saturated carbocycles. The molecule has 5 fully saturated rings. The third kappa shape index (κ3) is 1.60. The first-order valence-corrected chi connectivity index (χ1v) is 10.5. The Hall–Kier alpha value is -1.79. The van der Waals surface area contributed by atoms with Crippen molar-refractivity contribution in [3.8, 4) is 0 Å². The topological polar surface area (TPSA) is 57.2 Å². The highest BCUT2D eigenvalue weighted by atomic mass is 16.7. The van der Waals surface area contributed by atoms with Crippen LogP contribution in [0.1, 0.15) is 40.0 Å². The van der Waals surface area contributed by atoms with Crippen molar-refractivity contribution in [2.75, 3.05) is 13.7 Å². The van der Waals surface area contributed by atoms with Gasteiger partial charge in [0.25, 0.3) is 0 Å². The molecule has 2 unspecified atom stereocenters. The minimum absolute atomic E-state index is 0.0286. The number of nitrogens with zero attached hydrogens (tertiary/aromatic N) is 1. The van der Waals surface area contributed by atoms with Crippen LogP contribution in [-0.2, 0) is 23.7 Å². The summed E-state index contributed by atoms with van der Waals surface area (Å²) in [6.45, 7) is 7.21. The summed E-state index contributed by atoms with van der Waals surface area (Å²) in [7, 11) is 1.57. The van der Waals surface area contributed by atoms with Gasteiger partial charge in [-0.1, -0.05) is 26.0 Å². The Kier molecular flexibility index (Phi) is 3.19. The summed E-state index contributed by atoms with van der Waals surface area (Å²) in [6, 6.07) is 0.445. The summed E-state index contributed by atoms with van der Waals surface area (Å²) in [5.41, 5.74) is 0.467. The molecule has 0 aliphatic carbocycles. The molecule has 0 aromatic rings. The Morgan fingerprint density at radius 2 is 2.21 bits per heavy atom. The van der Waals surface area contributed by atoms with Crippen molar-refractivity contribution in [1.82, 2.24) is 4.90 Å². The minimum Gasteiger partial charge on any atom is -0.492 e. The van der Waals surface area contributed by atoms with Gasteiger partial charge in [-0.15, -0.1) is 0 Å². The molecule has 5 saturated heterocycles. The minimum atomic E-state index is -0.609. The van der Waals surface area contributed by atoms with Crippen LogP contribution < -0.4 is 0 Å². The maximum atomic E-state index is 12.2. The van der Waals surface area contributed by atoms with Crippen LogP contribution in [0.3, 0.4) is 0 Å². The quantitative estimate of drug-likeness (QED) is 0.550. The van der Waals surface area contributed by atoms with E-state index in [4.69, 9.17) is 18.9 Å². The standard InChI is InChI=1S/C22H27NO5/c1-5-6-8-21-14-7-9-23(21)13-10-15(21)27-22(14)16(13)11(2)18(28-22)19-17(25-4)12(3)20(24)26-19/h6,8,11,13-16H,5,7,9-10H2,1-4H3/b8-6+,19-18-/t11-,13-,14+,15?,16+,21-,22+/m1/s1. The highest BCUT2D eigenvalue weighted by Crippen LogP contribution is 2.72. The zero-order valence-corrected chi connectivity index (χ0v) is 16.9. The smallest absolute Gasteiger partial charge is 0.343 e. The summed E-state index contributed by atoms with van der Waals surface area (Å²) in [5, 5.41) is 0. The lowest BCUT2D eigenvalue weighted by molar-refractivity contribution is -0.255. The number of carbonyl (C=O) groups excluding carboxylic acids is 1. The first-order valence-electron chi connectivity index (χ1n) is 10.5. The Balaban J connectivity index is 1.49. The molecule has 0 radical (unpaired) electrons. The number of fused-ring (bicyclic) bond motifs is 1. The number of piperidine rings is 1. The first kappa shape index (κ1) is 17.1. The van der Waals surface area contributed by atoms with Crippen molar-refractivity contribution in [2.45, 2.75) is 63.5 Å². The van der Waals surface area contributed by atoms with Crippen molar-refractivity contribution in [2.24, 2.45) is 17.8 Å². The molecule has 6 aliphatic rings. The fraction of sp³-hybridized carbons (Fsp3) is 0.682. The lowest BCUT2D eigenvalue weighted by Gasteiger charge is -2.47. The van der Waals surface area contributed by atoms with Crippen LogP contribution in [0.25, 0.3) is 0 Å². The third-order valence-electron chi connectivity index (χ3n) is 8.10. The van der Waals surface area contributed by atoms with Crippen LogP contribution in [0, 0.1) is 17.8 Å². The van der Waals surface area contributed by atoms with Crippen LogP contribution in [0.15, 0.2) is 35.0 Å². The number of cyclic esters (lactones) is 1. The van der Waals surface area contributed by atoms with Crippen molar-refractivity contribution in [1.29, 1.82) is 0 Å². The van der Waals surface area contributed by atoms with Gasteiger partial charge < -0.3 is 18.9 Å². The Bertz CT molecular complexity index is 874. The summed E-state index contributed by atoms with van der Waals surface area (Å²) in [6.07, 6.45) is 8.04. The lowest BCUT2D eigenvalue weighted by atomic mass is 9.71. The molecular weight excluding hydrogens is 358 g/mol. The molecule has 5 bridgehead atoms. The number of rotatable bonds is 3. The van der Waals surface area contributed by atoms with E-state index in [-0.39, 0.29) is 29.4 Å². The number of hydrogen-bond acceptors (Lipinski definition) is 6. The maximum absolute atomic E-state index is 12.2. The molecule has 6 heteroatoms. The molecule has 0 aromatic carbocycles. The van der Waals surface area contributed by atoms with Crippen LogP contribution in [0.4, 0.5) is 0 Å². The van der Waals surface area contributed by atoms with Gasteiger partial charge in [-0.25, -0.2) is 4.79 Å². The summed E-state index contributed by atoms with van der Waals surface area (Å²) >= 11 is 0. The van der Waals surface area contributed by atoms with E-state index in [2.05, 4.69) is 30.9 Å². The summed E-state index contributed by atoms with van der Waals surface area (Å²) in [5.74, 6) is 1.38. The van der Waals surface area contributed by atoms with Gasteiger partial charge in [0.1, 0.15) is 5.76 Å². The highest BCUT2D eigenvalue weighted by molar-refractivity contribution is 5.93. The van der Waals surface area contributed by atoms with Crippen molar-refractivity contribution in [3.63, 3.8) is 0 Å². The zero-order valence-electron chi connectivity index (χ0n) is 16.9. The van der Waals surface area contributed by atoms with Crippen LogP contribution in [0.5, 0.6) is 0 Å². The van der Waals surface area contributed by atoms with Crippen LogP contribution >= 0.6 is 0 Å². The van der Waals surface area contributed by atoms with Crippen molar-refractivity contribution in [3.05, 3.63) is 35.0 Å². The van der Waals surface area contributed by atoms with Gasteiger partial charge in [0.15, 0.2) is 5.76 Å². The van der Waals surface area contributed by atoms with Crippen LogP contribution in [-0.4, -0.2) is 48.0 Å². The molecule has 6 aliphatic heterocycles. The van der Waals surface area contributed by atoms with Gasteiger partial charge in [-0.3, -0.25) is 4.90 Å². The maximum Gasteiger partial charge on any atom is 0.343 e. The average molecular weight is 385 g/mol. The molecule has 1 spiro atoms. The Labute approximate surface area is 165 Å². The van der Waals surface area contributed by atoms with E-state index in [9.17, 15) is 4.79 Å². The van der Waals surface area contributed by atoms with Gasteiger partial charge >= 0.3 is 5.97 Å². The van der Waals surface area contributed by atoms with Crippen molar-refractivity contribution >= 4 is 5.97 Å². The molecule has 6 rings (SSSR count). The van der Waals surface area contributed by atoms with Crippen molar-refractivity contribution < 1.29 is 23.7 Å². The number of hydrogen-bond donors (Lipinski definition) is 0. The number of carbonyl (C=O) groups is 1. The van der Waals surface area contributed by atoms with E-state index < -0.39 is 5.79 Å². The van der Waals surface area contributed by atoms with Gasteiger partial charge in [-0.05, 0) is 26.2 Å². The molecule has 0 aromatic heterocycles. The Morgan fingerprint density at radius 1 is 1.39 bits per heavy atom. The number of ether oxygens (including phenoxy) is 4. The zero-order chi connectivity index (χ0) is 19.4. The molecule has 0 N–H and O–H groups in total. The van der Waals surface area contributed by atoms with Gasteiger partial charge in [0, 0.05) is 18.5 Å². The molecule has 6 nitrogen and oxygen atoms in total. The first-order chi connectivity index (χ1) is 13.5. The van der Waals surface area contributed by atoms with Crippen LogP contribution in [0.2, 0.25) is 0 Å². The number of methoxy groups -OCH3 is 1. The molecule has 6 heterocycles. The molecule has 150 valence electrons. The second-order valence-corrected chi connectivity index (χ2v) is 9.02. The second kappa shape index (κ2) is 5.22.